The van der Waals surface area contributed by atoms with Gasteiger partial charge in [-0.05, 0) is 24.6 Å². The predicted molar refractivity (Wildman–Crippen MR) is 101 cm³/mol. The van der Waals surface area contributed by atoms with E-state index in [4.69, 9.17) is 21.9 Å². The number of nitrogen functional groups attached to an aromatic ring is 1. The summed E-state index contributed by atoms with van der Waals surface area (Å²) in [4.78, 5) is 2.17. The maximum atomic E-state index is 13.6. The molecule has 2 aliphatic rings. The molecule has 26 heavy (non-hydrogen) atoms. The van der Waals surface area contributed by atoms with Gasteiger partial charge in [0.25, 0.3) is 0 Å². The van der Waals surface area contributed by atoms with E-state index in [-0.39, 0.29) is 17.9 Å². The highest BCUT2D eigenvalue weighted by Gasteiger charge is 2.36. The van der Waals surface area contributed by atoms with Crippen molar-refractivity contribution in [1.82, 2.24) is 4.90 Å². The van der Waals surface area contributed by atoms with Crippen LogP contribution in [-0.4, -0.2) is 53.7 Å². The van der Waals surface area contributed by atoms with E-state index in [1.54, 1.807) is 6.21 Å². The summed E-state index contributed by atoms with van der Waals surface area (Å²) >= 11 is -1.25. The van der Waals surface area contributed by atoms with Crippen LogP contribution in [0.15, 0.2) is 33.9 Å². The van der Waals surface area contributed by atoms with Gasteiger partial charge in [0.05, 0.1) is 30.3 Å². The average molecular weight is 381 g/mol. The molecule has 1 fully saturated rings. The third kappa shape index (κ3) is 4.18. The van der Waals surface area contributed by atoms with Gasteiger partial charge < -0.3 is 26.5 Å². The Morgan fingerprint density at radius 1 is 1.38 bits per heavy atom. The Balaban J connectivity index is 1.64. The Morgan fingerprint density at radius 3 is 2.85 bits per heavy atom. The number of nitrogens with zero attached hydrogens (tertiary/aromatic N) is 2. The number of hydrogen-bond acceptors (Lipinski definition) is 7. The minimum atomic E-state index is -1.25. The Kier molecular flexibility index (Phi) is 5.83. The summed E-state index contributed by atoms with van der Waals surface area (Å²) in [5.41, 5.74) is 21.0. The molecule has 0 amide bonds. The molecular weight excluding hydrogens is 357 g/mol. The number of hydrogen-bond donors (Lipinski definition) is 3. The van der Waals surface area contributed by atoms with Gasteiger partial charge in [0.1, 0.15) is 12.1 Å². The van der Waals surface area contributed by atoms with E-state index < -0.39 is 17.5 Å². The van der Waals surface area contributed by atoms with Gasteiger partial charge >= 0.3 is 0 Å². The highest BCUT2D eigenvalue weighted by Crippen LogP contribution is 2.33. The van der Waals surface area contributed by atoms with E-state index in [0.29, 0.717) is 43.1 Å². The molecule has 6 N–H and O–H groups in total. The van der Waals surface area contributed by atoms with Crippen molar-refractivity contribution in [3.8, 4) is 0 Å². The third-order valence-corrected chi connectivity index (χ3v) is 5.19. The van der Waals surface area contributed by atoms with Crippen LogP contribution in [0.3, 0.4) is 0 Å². The number of nitrogens with two attached hydrogens (primary N) is 3. The number of benzene rings is 1. The molecule has 0 aliphatic carbocycles. The minimum absolute atomic E-state index is 0.0904. The zero-order chi connectivity index (χ0) is 18.8. The van der Waals surface area contributed by atoms with Crippen molar-refractivity contribution in [2.24, 2.45) is 15.9 Å². The summed E-state index contributed by atoms with van der Waals surface area (Å²) in [7, 11) is 0. The first-order valence-electron chi connectivity index (χ1n) is 8.36. The minimum Gasteiger partial charge on any atom is -0.592 e. The Bertz CT molecular complexity index is 727. The summed E-state index contributed by atoms with van der Waals surface area (Å²) in [6, 6.07) is 4.02. The van der Waals surface area contributed by atoms with Crippen LogP contribution in [0.25, 0.3) is 0 Å². The largest absolute Gasteiger partial charge is 0.592 e. The van der Waals surface area contributed by atoms with E-state index in [9.17, 15) is 8.94 Å². The van der Waals surface area contributed by atoms with Crippen molar-refractivity contribution in [2.45, 2.75) is 24.6 Å². The molecule has 1 aromatic carbocycles. The zero-order valence-corrected chi connectivity index (χ0v) is 15.4. The van der Waals surface area contributed by atoms with Crippen molar-refractivity contribution < 1.29 is 13.7 Å². The van der Waals surface area contributed by atoms with E-state index in [1.165, 1.54) is 24.5 Å². The molecule has 3 rings (SSSR count). The molecule has 0 saturated carbocycles. The molecule has 0 aromatic heterocycles. The van der Waals surface area contributed by atoms with Gasteiger partial charge in [-0.2, -0.15) is 0 Å². The van der Waals surface area contributed by atoms with Gasteiger partial charge in [-0.15, -0.1) is 0 Å². The number of ether oxygens (including phenoxy) is 1. The lowest BCUT2D eigenvalue weighted by atomic mass is 9.92. The van der Waals surface area contributed by atoms with Crippen LogP contribution in [0.4, 0.5) is 10.1 Å². The molecule has 0 radical (unpaired) electrons. The van der Waals surface area contributed by atoms with Crippen molar-refractivity contribution in [3.63, 3.8) is 0 Å². The predicted octanol–water partition coefficient (Wildman–Crippen LogP) is 0.458. The van der Waals surface area contributed by atoms with Gasteiger partial charge in [0, 0.05) is 47.7 Å². The normalized spacial score (nSPS) is 28.8. The highest BCUT2D eigenvalue weighted by molar-refractivity contribution is 7.89. The van der Waals surface area contributed by atoms with Crippen molar-refractivity contribution >= 4 is 23.3 Å². The molecule has 3 unspecified atom stereocenters. The monoisotopic (exact) mass is 381 g/mol. The van der Waals surface area contributed by atoms with Gasteiger partial charge in [-0.1, -0.05) is 4.40 Å². The first kappa shape index (κ1) is 19.1. The quantitative estimate of drug-likeness (QED) is 0.395. The molecule has 1 saturated heterocycles. The molecule has 0 spiro atoms. The van der Waals surface area contributed by atoms with Gasteiger partial charge in [-0.25, -0.2) is 4.39 Å². The maximum Gasteiger partial charge on any atom is 0.123 e. The fraction of sp³-hybridized carbons (Fsp3) is 0.471. The molecule has 142 valence electrons. The van der Waals surface area contributed by atoms with Crippen LogP contribution in [0.2, 0.25) is 0 Å². The second kappa shape index (κ2) is 7.93. The van der Waals surface area contributed by atoms with E-state index in [2.05, 4.69) is 9.30 Å². The maximum absolute atomic E-state index is 13.6. The highest BCUT2D eigenvalue weighted by atomic mass is 32.2. The van der Waals surface area contributed by atoms with Crippen LogP contribution in [0.1, 0.15) is 18.1 Å². The first-order valence-corrected chi connectivity index (χ1v) is 9.88. The Labute approximate surface area is 155 Å². The summed E-state index contributed by atoms with van der Waals surface area (Å²) in [6.45, 7) is 1.65. The fourth-order valence-electron chi connectivity index (χ4n) is 3.43. The number of rotatable bonds is 4. The van der Waals surface area contributed by atoms with Crippen molar-refractivity contribution in [3.05, 3.63) is 40.8 Å². The van der Waals surface area contributed by atoms with E-state index in [0.717, 1.165) is 5.57 Å². The van der Waals surface area contributed by atoms with Crippen LogP contribution in [0.5, 0.6) is 0 Å². The Morgan fingerprint density at radius 2 is 2.15 bits per heavy atom. The summed E-state index contributed by atoms with van der Waals surface area (Å²) in [6.07, 6.45) is 3.33. The molecule has 9 heteroatoms. The second-order valence-electron chi connectivity index (χ2n) is 6.69. The van der Waals surface area contributed by atoms with Crippen LogP contribution in [0, 0.1) is 5.82 Å². The topological polar surface area (TPSA) is 126 Å². The third-order valence-electron chi connectivity index (χ3n) is 4.79. The van der Waals surface area contributed by atoms with Crippen LogP contribution >= 0.6 is 0 Å². The van der Waals surface area contributed by atoms with E-state index in [1.807, 2.05) is 0 Å². The van der Waals surface area contributed by atoms with Crippen LogP contribution in [-0.2, 0) is 16.1 Å². The van der Waals surface area contributed by atoms with Gasteiger partial charge in [0.15, 0.2) is 0 Å². The number of halogens is 1. The van der Waals surface area contributed by atoms with Gasteiger partial charge in [-0.3, -0.25) is 4.90 Å². The number of anilines is 1. The standard InChI is InChI=1S/C17H24FN5O2S/c1-26(24)22-6-10-7-23(8-16(10)21)12-5-15(20)17(25-9-12)13-4-11(18)2-3-14(13)19/h2-4,6,12,15,17H,5,7-9,19-21H2,1H3/t12?,15?,17-,26?/m1/s1. The van der Waals surface area contributed by atoms with Crippen molar-refractivity contribution in [2.75, 3.05) is 31.7 Å². The lowest BCUT2D eigenvalue weighted by molar-refractivity contribution is -0.0445. The lowest BCUT2D eigenvalue weighted by Crippen LogP contribution is -2.49. The smallest absolute Gasteiger partial charge is 0.123 e. The molecule has 0 bridgehead atoms. The SMILES string of the molecule is C[S+]([O-])N=CC1=C(N)CN(C2CO[C@H](c3cc(F)ccc3N)C(N)C2)C1. The molecule has 7 nitrogen and oxygen atoms in total. The Hall–Kier alpha value is -1.65. The first-order chi connectivity index (χ1) is 12.3. The summed E-state index contributed by atoms with van der Waals surface area (Å²) < 4.78 is 34.5. The summed E-state index contributed by atoms with van der Waals surface area (Å²) in [5, 5.41) is 0. The molecular formula is C17H24FN5O2S. The second-order valence-corrected chi connectivity index (χ2v) is 7.75. The van der Waals surface area contributed by atoms with Crippen LogP contribution < -0.4 is 17.2 Å². The molecule has 2 heterocycles. The average Bonchev–Trinajstić information content (AvgIpc) is 2.96. The molecule has 1 aromatic rings. The summed E-state index contributed by atoms with van der Waals surface area (Å²) in [5.74, 6) is -0.360. The molecule has 4 atom stereocenters. The fourth-order valence-corrected chi connectivity index (χ4v) is 3.70. The van der Waals surface area contributed by atoms with Crippen molar-refractivity contribution in [1.29, 1.82) is 0 Å². The molecule has 2 aliphatic heterocycles. The van der Waals surface area contributed by atoms with Gasteiger partial charge in [0.2, 0.25) is 0 Å². The lowest BCUT2D eigenvalue weighted by Gasteiger charge is -2.39. The van der Waals surface area contributed by atoms with E-state index >= 15 is 0 Å². The zero-order valence-electron chi connectivity index (χ0n) is 14.6.